The van der Waals surface area contributed by atoms with Crippen LogP contribution in [0.2, 0.25) is 0 Å². The number of rotatable bonds is 11. The van der Waals surface area contributed by atoms with Gasteiger partial charge in [0.25, 0.3) is 0 Å². The Labute approximate surface area is 292 Å². The number of anilines is 1. The highest BCUT2D eigenvalue weighted by Crippen LogP contribution is 2.25. The fourth-order valence-corrected chi connectivity index (χ4v) is 6.99. The average molecular weight is 711 g/mol. The van der Waals surface area contributed by atoms with Crippen LogP contribution in [0, 0.1) is 17.2 Å². The van der Waals surface area contributed by atoms with E-state index in [0.717, 1.165) is 42.5 Å². The highest BCUT2D eigenvalue weighted by Gasteiger charge is 2.29. The monoisotopic (exact) mass is 710 g/mol. The van der Waals surface area contributed by atoms with Gasteiger partial charge in [-0.2, -0.15) is 0 Å². The summed E-state index contributed by atoms with van der Waals surface area (Å²) < 4.78 is 10.9. The van der Waals surface area contributed by atoms with Gasteiger partial charge in [-0.05, 0) is 91.9 Å². The van der Waals surface area contributed by atoms with E-state index in [0.29, 0.717) is 69.8 Å². The van der Waals surface area contributed by atoms with Gasteiger partial charge in [0.2, 0.25) is 16.9 Å². The van der Waals surface area contributed by atoms with Crippen molar-refractivity contribution < 1.29 is 28.7 Å². The Morgan fingerprint density at radius 3 is 1.88 bits per heavy atom. The number of unbranched alkanes of at least 4 members (excludes halogenated alkanes) is 1. The smallest absolute Gasteiger partial charge is 0.410 e. The molecule has 1 aromatic rings. The standard InChI is InChI=1S/C32H54N8O6S2/c1-31(2,3)45-29(43)39-15-11-21(12-16-39)19-24(41)35-27(34)47-23(33)9-7-8-10-26-37-38-28(48-26)36-25(42)20-22-13-17-40(18-14-22)30(44)46-32(4,5)6/h21-23H,7-20,33H2,1-6H3,(H2,34,35,41)(H,36,38,42). The lowest BCUT2D eigenvalue weighted by Gasteiger charge is -2.33. The van der Waals surface area contributed by atoms with E-state index in [4.69, 9.17) is 20.6 Å². The molecule has 0 aromatic carbocycles. The zero-order chi connectivity index (χ0) is 35.5. The van der Waals surface area contributed by atoms with Gasteiger partial charge in [-0.25, -0.2) is 9.59 Å². The molecule has 4 amide bonds. The summed E-state index contributed by atoms with van der Waals surface area (Å²) in [5.41, 5.74) is 5.14. The number of amidine groups is 1. The number of aryl methyl sites for hydroxylation is 1. The van der Waals surface area contributed by atoms with Crippen molar-refractivity contribution in [3.05, 3.63) is 5.01 Å². The molecule has 16 heteroatoms. The van der Waals surface area contributed by atoms with Crippen molar-refractivity contribution in [2.75, 3.05) is 31.5 Å². The van der Waals surface area contributed by atoms with Crippen LogP contribution in [0.5, 0.6) is 0 Å². The lowest BCUT2D eigenvalue weighted by atomic mass is 9.93. The van der Waals surface area contributed by atoms with Crippen molar-refractivity contribution in [2.24, 2.45) is 17.6 Å². The van der Waals surface area contributed by atoms with E-state index in [1.807, 2.05) is 41.5 Å². The summed E-state index contributed by atoms with van der Waals surface area (Å²) in [6, 6.07) is 0. The molecular formula is C32H54N8O6S2. The summed E-state index contributed by atoms with van der Waals surface area (Å²) in [6.07, 6.45) is 5.99. The van der Waals surface area contributed by atoms with Crippen LogP contribution in [-0.4, -0.2) is 91.9 Å². The lowest BCUT2D eigenvalue weighted by molar-refractivity contribution is -0.121. The molecule has 5 N–H and O–H groups in total. The Balaban J connectivity index is 1.24. The number of hydrogen-bond donors (Lipinski definition) is 4. The number of amides is 4. The van der Waals surface area contributed by atoms with Gasteiger partial charge in [0.15, 0.2) is 5.17 Å². The van der Waals surface area contributed by atoms with Crippen LogP contribution in [0.4, 0.5) is 14.7 Å². The normalized spacial score (nSPS) is 17.1. The minimum Gasteiger partial charge on any atom is -0.444 e. The van der Waals surface area contributed by atoms with Gasteiger partial charge in [-0.15, -0.1) is 10.2 Å². The molecule has 1 aromatic heterocycles. The van der Waals surface area contributed by atoms with Crippen molar-refractivity contribution >= 4 is 57.4 Å². The predicted molar refractivity (Wildman–Crippen MR) is 188 cm³/mol. The summed E-state index contributed by atoms with van der Waals surface area (Å²) >= 11 is 2.49. The molecule has 0 spiro atoms. The Bertz CT molecular complexity index is 1250. The average Bonchev–Trinajstić information content (AvgIpc) is 3.40. The van der Waals surface area contributed by atoms with Gasteiger partial charge < -0.3 is 35.6 Å². The zero-order valence-corrected chi connectivity index (χ0v) is 30.9. The van der Waals surface area contributed by atoms with E-state index in [1.165, 1.54) is 11.3 Å². The molecule has 1 unspecified atom stereocenters. The third-order valence-corrected chi connectivity index (χ3v) is 9.62. The second-order valence-electron chi connectivity index (χ2n) is 14.6. The van der Waals surface area contributed by atoms with Crippen LogP contribution >= 0.6 is 23.1 Å². The first-order chi connectivity index (χ1) is 22.5. The molecule has 3 heterocycles. The molecule has 0 aliphatic carbocycles. The number of nitrogens with zero attached hydrogens (tertiary/aromatic N) is 4. The van der Waals surface area contributed by atoms with Crippen LogP contribution in [0.1, 0.15) is 104 Å². The number of aromatic nitrogens is 2. The Hall–Kier alpha value is -2.98. The molecule has 2 aliphatic heterocycles. The molecule has 270 valence electrons. The summed E-state index contributed by atoms with van der Waals surface area (Å²) in [5.74, 6) is 0.0382. The number of piperidine rings is 2. The third kappa shape index (κ3) is 15.1. The van der Waals surface area contributed by atoms with Crippen LogP contribution < -0.4 is 16.4 Å². The second-order valence-corrected chi connectivity index (χ2v) is 16.9. The largest absolute Gasteiger partial charge is 0.444 e. The molecule has 0 saturated carbocycles. The van der Waals surface area contributed by atoms with E-state index in [1.54, 1.807) is 9.80 Å². The Morgan fingerprint density at radius 1 is 0.875 bits per heavy atom. The first-order valence-corrected chi connectivity index (χ1v) is 18.5. The number of nitrogens with two attached hydrogens (primary N) is 1. The minimum absolute atomic E-state index is 0.0387. The van der Waals surface area contributed by atoms with E-state index < -0.39 is 11.2 Å². The number of likely N-dealkylation sites (tertiary alicyclic amines) is 2. The Morgan fingerprint density at radius 2 is 1.38 bits per heavy atom. The number of nitrogens with one attached hydrogen (secondary N) is 3. The quantitative estimate of drug-likeness (QED) is 0.101. The summed E-state index contributed by atoms with van der Waals surface area (Å²) in [4.78, 5) is 53.0. The van der Waals surface area contributed by atoms with Crippen LogP contribution in [-0.2, 0) is 25.5 Å². The fourth-order valence-electron chi connectivity index (χ4n) is 5.43. The molecule has 2 aliphatic rings. The predicted octanol–water partition coefficient (Wildman–Crippen LogP) is 5.33. The molecule has 3 rings (SSSR count). The minimum atomic E-state index is -0.538. The molecule has 1 atom stereocenters. The Kier molecular flexibility index (Phi) is 14.9. The number of carbonyl (C=O) groups excluding carboxylic acids is 4. The SMILES string of the molecule is CC(C)(C)OC(=O)N1CCC(CC(=O)NC(=N)SC(N)CCCCc2nnc(NC(=O)CC3CCN(C(=O)OC(C)(C)C)CC3)s2)CC1. The lowest BCUT2D eigenvalue weighted by Crippen LogP contribution is -2.42. The van der Waals surface area contributed by atoms with Crippen molar-refractivity contribution in [2.45, 2.75) is 122 Å². The van der Waals surface area contributed by atoms with Crippen LogP contribution in [0.25, 0.3) is 0 Å². The number of ether oxygens (including phenoxy) is 2. The van der Waals surface area contributed by atoms with Crippen LogP contribution in [0.15, 0.2) is 0 Å². The van der Waals surface area contributed by atoms with E-state index in [2.05, 4.69) is 20.8 Å². The van der Waals surface area contributed by atoms with E-state index in [-0.39, 0.29) is 46.4 Å². The van der Waals surface area contributed by atoms with Gasteiger partial charge in [-0.1, -0.05) is 29.5 Å². The summed E-state index contributed by atoms with van der Waals surface area (Å²) in [7, 11) is 0. The number of hydrogen-bond acceptors (Lipinski definition) is 12. The van der Waals surface area contributed by atoms with E-state index >= 15 is 0 Å². The highest BCUT2D eigenvalue weighted by molar-refractivity contribution is 8.14. The first kappa shape index (κ1) is 39.5. The van der Waals surface area contributed by atoms with Crippen molar-refractivity contribution in [3.63, 3.8) is 0 Å². The topological polar surface area (TPSA) is 193 Å². The number of carbonyl (C=O) groups is 4. The molecule has 2 saturated heterocycles. The maximum Gasteiger partial charge on any atom is 0.410 e. The van der Waals surface area contributed by atoms with Crippen molar-refractivity contribution in [1.29, 1.82) is 5.41 Å². The summed E-state index contributed by atoms with van der Waals surface area (Å²) in [5, 5.41) is 23.0. The van der Waals surface area contributed by atoms with Crippen molar-refractivity contribution in [3.8, 4) is 0 Å². The maximum absolute atomic E-state index is 12.6. The first-order valence-electron chi connectivity index (χ1n) is 16.8. The second kappa shape index (κ2) is 18.1. The van der Waals surface area contributed by atoms with E-state index in [9.17, 15) is 19.2 Å². The maximum atomic E-state index is 12.6. The molecule has 2 fully saturated rings. The molecular weight excluding hydrogens is 657 g/mol. The summed E-state index contributed by atoms with van der Waals surface area (Å²) in [6.45, 7) is 13.3. The van der Waals surface area contributed by atoms with Gasteiger partial charge in [0.1, 0.15) is 16.2 Å². The van der Waals surface area contributed by atoms with Gasteiger partial charge in [0.05, 0.1) is 5.37 Å². The molecule has 0 bridgehead atoms. The highest BCUT2D eigenvalue weighted by atomic mass is 32.2. The van der Waals surface area contributed by atoms with Crippen LogP contribution in [0.3, 0.4) is 0 Å². The molecule has 14 nitrogen and oxygen atoms in total. The third-order valence-electron chi connectivity index (χ3n) is 7.85. The number of thioether (sulfide) groups is 1. The van der Waals surface area contributed by atoms with Crippen molar-refractivity contribution in [1.82, 2.24) is 25.3 Å². The zero-order valence-electron chi connectivity index (χ0n) is 29.3. The van der Waals surface area contributed by atoms with Gasteiger partial charge in [0, 0.05) is 45.4 Å². The molecule has 0 radical (unpaired) electrons. The van der Waals surface area contributed by atoms with Gasteiger partial charge >= 0.3 is 12.2 Å². The van der Waals surface area contributed by atoms with Gasteiger partial charge in [-0.3, -0.25) is 15.0 Å². The molecule has 48 heavy (non-hydrogen) atoms. The fraction of sp³-hybridized carbons (Fsp3) is 0.781.